The number of aromatic nitrogens is 4. The Balaban J connectivity index is 2.23. The minimum Gasteiger partial charge on any atom is -0.465 e. The summed E-state index contributed by atoms with van der Waals surface area (Å²) in [6.45, 7) is -0.142. The number of ether oxygens (including phenoxy) is 2. The zero-order valence-electron chi connectivity index (χ0n) is 11.6. The first-order valence-corrected chi connectivity index (χ1v) is 6.73. The smallest absolute Gasteiger partial charge is 0.349 e. The Morgan fingerprint density at radius 3 is 2.59 bits per heavy atom. The Bertz CT molecular complexity index is 696. The normalized spacial score (nSPS) is 10.1. The summed E-state index contributed by atoms with van der Waals surface area (Å²) in [4.78, 5) is 35.4. The van der Waals surface area contributed by atoms with Gasteiger partial charge in [0, 0.05) is 5.38 Å². The van der Waals surface area contributed by atoms with Crippen molar-refractivity contribution in [1.29, 1.82) is 0 Å². The lowest BCUT2D eigenvalue weighted by molar-refractivity contribution is -0.116. The molecule has 11 heteroatoms. The first-order valence-electron chi connectivity index (χ1n) is 5.85. The van der Waals surface area contributed by atoms with E-state index in [0.717, 1.165) is 11.3 Å². The van der Waals surface area contributed by atoms with Gasteiger partial charge in [0.1, 0.15) is 23.3 Å². The lowest BCUT2D eigenvalue weighted by Crippen LogP contribution is -2.21. The third kappa shape index (κ3) is 3.25. The molecule has 22 heavy (non-hydrogen) atoms. The van der Waals surface area contributed by atoms with Crippen molar-refractivity contribution in [3.8, 4) is 0 Å². The largest absolute Gasteiger partial charge is 0.465 e. The van der Waals surface area contributed by atoms with Crippen LogP contribution in [-0.4, -0.2) is 52.3 Å². The first-order chi connectivity index (χ1) is 10.6. The Morgan fingerprint density at radius 1 is 1.27 bits per heavy atom. The second-order valence-electron chi connectivity index (χ2n) is 3.89. The van der Waals surface area contributed by atoms with Crippen LogP contribution >= 0.6 is 11.3 Å². The quantitative estimate of drug-likeness (QED) is 0.758. The van der Waals surface area contributed by atoms with Crippen LogP contribution in [0.2, 0.25) is 0 Å². The minimum absolute atomic E-state index is 0.0482. The summed E-state index contributed by atoms with van der Waals surface area (Å²) in [6, 6.07) is 0. The van der Waals surface area contributed by atoms with Gasteiger partial charge in [0.15, 0.2) is 0 Å². The van der Waals surface area contributed by atoms with Crippen LogP contribution in [0.15, 0.2) is 11.7 Å². The van der Waals surface area contributed by atoms with Crippen LogP contribution in [0.5, 0.6) is 0 Å². The predicted octanol–water partition coefficient (Wildman–Crippen LogP) is -0.0535. The van der Waals surface area contributed by atoms with Gasteiger partial charge >= 0.3 is 11.9 Å². The second kappa shape index (κ2) is 6.76. The average molecular weight is 325 g/mol. The molecule has 0 atom stereocenters. The summed E-state index contributed by atoms with van der Waals surface area (Å²) in [6.07, 6.45) is 1.27. The maximum Gasteiger partial charge on any atom is 0.349 e. The zero-order chi connectivity index (χ0) is 16.1. The Kier molecular flexibility index (Phi) is 4.78. The molecule has 2 rings (SSSR count). The number of carbonyl (C=O) groups excluding carboxylic acids is 3. The molecule has 10 nitrogen and oxygen atoms in total. The lowest BCUT2D eigenvalue weighted by Gasteiger charge is -2.06. The fourth-order valence-electron chi connectivity index (χ4n) is 1.59. The van der Waals surface area contributed by atoms with Crippen molar-refractivity contribution < 1.29 is 23.9 Å². The average Bonchev–Trinajstić information content (AvgIpc) is 3.15. The Morgan fingerprint density at radius 2 is 2.00 bits per heavy atom. The summed E-state index contributed by atoms with van der Waals surface area (Å²) in [5, 5.41) is 14.3. The van der Waals surface area contributed by atoms with Crippen LogP contribution in [0.1, 0.15) is 20.0 Å². The standard InChI is InChI=1S/C11H11N5O5S/c1-20-10(18)8-6(4-22-9(8)11(19)21-2)13-7(17)3-16-5-12-14-15-16/h4-5H,3H2,1-2H3,(H,13,17). The summed E-state index contributed by atoms with van der Waals surface area (Å²) < 4.78 is 10.4. The van der Waals surface area contributed by atoms with Crippen molar-refractivity contribution in [2.75, 3.05) is 19.5 Å². The maximum absolute atomic E-state index is 11.9. The van der Waals surface area contributed by atoms with Gasteiger partial charge < -0.3 is 14.8 Å². The van der Waals surface area contributed by atoms with Gasteiger partial charge in [-0.15, -0.1) is 16.4 Å². The monoisotopic (exact) mass is 325 g/mol. The highest BCUT2D eigenvalue weighted by atomic mass is 32.1. The van der Waals surface area contributed by atoms with E-state index in [0.29, 0.717) is 0 Å². The molecule has 0 bridgehead atoms. The van der Waals surface area contributed by atoms with Gasteiger partial charge in [-0.25, -0.2) is 14.3 Å². The molecule has 0 saturated heterocycles. The van der Waals surface area contributed by atoms with E-state index < -0.39 is 17.8 Å². The predicted molar refractivity (Wildman–Crippen MR) is 73.4 cm³/mol. The van der Waals surface area contributed by atoms with Crippen molar-refractivity contribution in [2.24, 2.45) is 0 Å². The van der Waals surface area contributed by atoms with Crippen LogP contribution in [0.25, 0.3) is 0 Å². The molecule has 0 aromatic carbocycles. The van der Waals surface area contributed by atoms with Crippen LogP contribution in [0, 0.1) is 0 Å². The number of thiophene rings is 1. The van der Waals surface area contributed by atoms with Crippen LogP contribution in [0.3, 0.4) is 0 Å². The number of nitrogens with one attached hydrogen (secondary N) is 1. The van der Waals surface area contributed by atoms with E-state index in [1.807, 2.05) is 0 Å². The van der Waals surface area contributed by atoms with Crippen molar-refractivity contribution in [3.05, 3.63) is 22.1 Å². The summed E-state index contributed by atoms with van der Waals surface area (Å²) in [5.41, 5.74) is 0.111. The number of esters is 2. The number of tetrazole rings is 1. The van der Waals surface area contributed by atoms with Crippen LogP contribution in [0.4, 0.5) is 5.69 Å². The summed E-state index contributed by atoms with van der Waals surface area (Å²) in [7, 11) is 2.37. The molecule has 2 aromatic rings. The van der Waals surface area contributed by atoms with Gasteiger partial charge in [0.2, 0.25) is 5.91 Å². The van der Waals surface area contributed by atoms with Crippen molar-refractivity contribution >= 4 is 34.9 Å². The molecule has 0 unspecified atom stereocenters. The Labute approximate surface area is 128 Å². The molecule has 0 spiro atoms. The molecule has 0 aliphatic carbocycles. The van der Waals surface area contributed by atoms with E-state index in [2.05, 4.69) is 30.3 Å². The van der Waals surface area contributed by atoms with E-state index in [-0.39, 0.29) is 22.7 Å². The van der Waals surface area contributed by atoms with E-state index in [1.165, 1.54) is 30.6 Å². The number of hydrogen-bond acceptors (Lipinski definition) is 9. The molecular formula is C11H11N5O5S. The number of carbonyl (C=O) groups is 3. The lowest BCUT2D eigenvalue weighted by atomic mass is 10.2. The molecule has 0 saturated carbocycles. The number of amides is 1. The number of methoxy groups -OCH3 is 2. The second-order valence-corrected chi connectivity index (χ2v) is 4.77. The fraction of sp³-hybridized carbons (Fsp3) is 0.273. The van der Waals surface area contributed by atoms with E-state index in [9.17, 15) is 14.4 Å². The van der Waals surface area contributed by atoms with E-state index in [4.69, 9.17) is 0 Å². The van der Waals surface area contributed by atoms with Gasteiger partial charge in [-0.1, -0.05) is 0 Å². The third-order valence-corrected chi connectivity index (χ3v) is 3.48. The number of nitrogens with zero attached hydrogens (tertiary/aromatic N) is 4. The molecule has 1 N–H and O–H groups in total. The first kappa shape index (κ1) is 15.6. The molecule has 0 fully saturated rings. The van der Waals surface area contributed by atoms with E-state index in [1.54, 1.807) is 0 Å². The van der Waals surface area contributed by atoms with E-state index >= 15 is 0 Å². The molecule has 2 heterocycles. The summed E-state index contributed by atoms with van der Waals surface area (Å²) in [5.74, 6) is -1.91. The van der Waals surface area contributed by atoms with Gasteiger partial charge in [-0.2, -0.15) is 0 Å². The SMILES string of the molecule is COC(=O)c1scc(NC(=O)Cn2cnnn2)c1C(=O)OC. The molecule has 2 aromatic heterocycles. The van der Waals surface area contributed by atoms with Crippen LogP contribution in [-0.2, 0) is 20.8 Å². The number of hydrogen-bond donors (Lipinski definition) is 1. The molecule has 0 radical (unpaired) electrons. The molecule has 0 aliphatic heterocycles. The molecule has 1 amide bonds. The topological polar surface area (TPSA) is 125 Å². The van der Waals surface area contributed by atoms with Gasteiger partial charge in [0.25, 0.3) is 0 Å². The fourth-order valence-corrected chi connectivity index (χ4v) is 2.49. The molecule has 116 valence electrons. The van der Waals surface area contributed by atoms with Crippen LogP contribution < -0.4 is 5.32 Å². The highest BCUT2D eigenvalue weighted by molar-refractivity contribution is 7.13. The maximum atomic E-state index is 11.9. The molecular weight excluding hydrogens is 314 g/mol. The van der Waals surface area contributed by atoms with Gasteiger partial charge in [0.05, 0.1) is 19.9 Å². The zero-order valence-corrected chi connectivity index (χ0v) is 12.4. The molecule has 0 aliphatic rings. The van der Waals surface area contributed by atoms with Gasteiger partial charge in [-0.3, -0.25) is 4.79 Å². The van der Waals surface area contributed by atoms with Crippen molar-refractivity contribution in [2.45, 2.75) is 6.54 Å². The number of anilines is 1. The van der Waals surface area contributed by atoms with Crippen molar-refractivity contribution in [1.82, 2.24) is 20.2 Å². The number of rotatable bonds is 5. The minimum atomic E-state index is -0.751. The highest BCUT2D eigenvalue weighted by Gasteiger charge is 2.26. The summed E-state index contributed by atoms with van der Waals surface area (Å²) >= 11 is 0.965. The Hall–Kier alpha value is -2.82. The highest BCUT2D eigenvalue weighted by Crippen LogP contribution is 2.28. The van der Waals surface area contributed by atoms with Crippen molar-refractivity contribution in [3.63, 3.8) is 0 Å². The van der Waals surface area contributed by atoms with Gasteiger partial charge in [-0.05, 0) is 10.4 Å². The third-order valence-electron chi connectivity index (χ3n) is 2.52.